The molecule has 2 rings (SSSR count). The van der Waals surface area contributed by atoms with Crippen molar-refractivity contribution in [3.05, 3.63) is 29.8 Å². The van der Waals surface area contributed by atoms with Crippen LogP contribution in [0.2, 0.25) is 0 Å². The Bertz CT molecular complexity index is 484. The summed E-state index contributed by atoms with van der Waals surface area (Å²) in [5.41, 5.74) is -4.30. The van der Waals surface area contributed by atoms with Crippen LogP contribution >= 0.6 is 11.8 Å². The van der Waals surface area contributed by atoms with Crippen LogP contribution in [0, 0.1) is 5.92 Å². The Hall–Kier alpha value is -1.17. The molecule has 6 heteroatoms. The molecule has 1 amide bonds. The summed E-state index contributed by atoms with van der Waals surface area (Å²) >= 11 is -0.246. The number of rotatable bonds is 5. The molecule has 0 atom stereocenters. The van der Waals surface area contributed by atoms with Gasteiger partial charge in [-0.3, -0.25) is 4.79 Å². The van der Waals surface area contributed by atoms with Crippen LogP contribution in [-0.4, -0.2) is 18.0 Å². The molecule has 1 saturated carbocycles. The number of thioether (sulfide) groups is 1. The molecule has 0 spiro atoms. The fourth-order valence-electron chi connectivity index (χ4n) is 2.65. The van der Waals surface area contributed by atoms with Crippen molar-refractivity contribution in [2.24, 2.45) is 5.92 Å². The van der Waals surface area contributed by atoms with Gasteiger partial charge < -0.3 is 5.32 Å². The predicted molar refractivity (Wildman–Crippen MR) is 77.3 cm³/mol. The fourth-order valence-corrected chi connectivity index (χ4v) is 3.32. The average molecular weight is 317 g/mol. The van der Waals surface area contributed by atoms with E-state index in [1.54, 1.807) is 6.07 Å². The van der Waals surface area contributed by atoms with Crippen LogP contribution in [-0.2, 0) is 0 Å². The molecule has 0 bridgehead atoms. The molecule has 1 N–H and O–H groups in total. The highest BCUT2D eigenvalue weighted by atomic mass is 32.2. The van der Waals surface area contributed by atoms with Gasteiger partial charge in [0.05, 0.1) is 5.56 Å². The minimum Gasteiger partial charge on any atom is -0.352 e. The zero-order chi connectivity index (χ0) is 15.3. The number of halogens is 3. The van der Waals surface area contributed by atoms with E-state index in [9.17, 15) is 18.0 Å². The highest BCUT2D eigenvalue weighted by molar-refractivity contribution is 8.00. The van der Waals surface area contributed by atoms with Crippen molar-refractivity contribution in [2.75, 3.05) is 6.54 Å². The van der Waals surface area contributed by atoms with Crippen LogP contribution in [0.5, 0.6) is 0 Å². The third-order valence-corrected chi connectivity index (χ3v) is 4.48. The Morgan fingerprint density at radius 3 is 2.57 bits per heavy atom. The SMILES string of the molecule is O=C(NCCC1CCCC1)c1ccccc1SC(F)(F)F. The van der Waals surface area contributed by atoms with E-state index < -0.39 is 11.4 Å². The molecular weight excluding hydrogens is 299 g/mol. The topological polar surface area (TPSA) is 29.1 Å². The van der Waals surface area contributed by atoms with Crippen LogP contribution in [0.1, 0.15) is 42.5 Å². The van der Waals surface area contributed by atoms with Crippen LogP contribution in [0.4, 0.5) is 13.2 Å². The molecule has 1 aliphatic carbocycles. The summed E-state index contributed by atoms with van der Waals surface area (Å²) in [6.07, 6.45) is 5.76. The molecule has 0 saturated heterocycles. The van der Waals surface area contributed by atoms with Gasteiger partial charge in [-0.05, 0) is 36.2 Å². The first-order valence-electron chi connectivity index (χ1n) is 7.08. The van der Waals surface area contributed by atoms with Crippen molar-refractivity contribution in [3.8, 4) is 0 Å². The number of amides is 1. The van der Waals surface area contributed by atoms with Gasteiger partial charge in [0.2, 0.25) is 0 Å². The number of alkyl halides is 3. The lowest BCUT2D eigenvalue weighted by molar-refractivity contribution is -0.0328. The standard InChI is InChI=1S/C15H18F3NOS/c16-15(17,18)21-13-8-4-3-7-12(13)14(20)19-10-9-11-5-1-2-6-11/h3-4,7-8,11H,1-2,5-6,9-10H2,(H,19,20). The van der Waals surface area contributed by atoms with E-state index in [-0.39, 0.29) is 22.2 Å². The second-order valence-electron chi connectivity index (χ2n) is 5.24. The third-order valence-electron chi connectivity index (χ3n) is 3.67. The maximum atomic E-state index is 12.5. The Balaban J connectivity index is 1.92. The van der Waals surface area contributed by atoms with Gasteiger partial charge in [0.1, 0.15) is 0 Å². The van der Waals surface area contributed by atoms with E-state index in [0.717, 1.165) is 6.42 Å². The normalized spacial score (nSPS) is 16.1. The minimum absolute atomic E-state index is 0.0524. The van der Waals surface area contributed by atoms with Gasteiger partial charge in [0.15, 0.2) is 0 Å². The second-order valence-corrected chi connectivity index (χ2v) is 6.35. The molecule has 0 heterocycles. The van der Waals surface area contributed by atoms with Crippen LogP contribution in [0.25, 0.3) is 0 Å². The maximum Gasteiger partial charge on any atom is 0.446 e. The zero-order valence-electron chi connectivity index (χ0n) is 11.6. The summed E-state index contributed by atoms with van der Waals surface area (Å²) in [6, 6.07) is 5.83. The molecular formula is C15H18F3NOS. The van der Waals surface area contributed by atoms with Crippen molar-refractivity contribution in [1.29, 1.82) is 0 Å². The van der Waals surface area contributed by atoms with E-state index in [1.807, 2.05) is 0 Å². The van der Waals surface area contributed by atoms with E-state index >= 15 is 0 Å². The first kappa shape index (κ1) is 16.2. The summed E-state index contributed by atoms with van der Waals surface area (Å²) < 4.78 is 37.4. The number of benzene rings is 1. The maximum absolute atomic E-state index is 12.5. The zero-order valence-corrected chi connectivity index (χ0v) is 12.4. The van der Waals surface area contributed by atoms with Gasteiger partial charge >= 0.3 is 5.51 Å². The summed E-state index contributed by atoms with van der Waals surface area (Å²) in [5, 5.41) is 2.73. The van der Waals surface area contributed by atoms with Crippen molar-refractivity contribution >= 4 is 17.7 Å². The molecule has 116 valence electrons. The lowest BCUT2D eigenvalue weighted by Gasteiger charge is -2.12. The minimum atomic E-state index is -4.39. The molecule has 1 aromatic carbocycles. The molecule has 21 heavy (non-hydrogen) atoms. The molecule has 1 fully saturated rings. The van der Waals surface area contributed by atoms with Crippen LogP contribution in [0.3, 0.4) is 0 Å². The van der Waals surface area contributed by atoms with E-state index in [0.29, 0.717) is 12.5 Å². The number of hydrogen-bond acceptors (Lipinski definition) is 2. The molecule has 0 aliphatic heterocycles. The highest BCUT2D eigenvalue weighted by Crippen LogP contribution is 2.38. The van der Waals surface area contributed by atoms with Crippen molar-refractivity contribution in [3.63, 3.8) is 0 Å². The Morgan fingerprint density at radius 1 is 1.24 bits per heavy atom. The second kappa shape index (κ2) is 7.20. The Morgan fingerprint density at radius 2 is 1.90 bits per heavy atom. The number of nitrogens with one attached hydrogen (secondary N) is 1. The van der Waals surface area contributed by atoms with Crippen LogP contribution < -0.4 is 5.32 Å². The lowest BCUT2D eigenvalue weighted by Crippen LogP contribution is -2.26. The highest BCUT2D eigenvalue weighted by Gasteiger charge is 2.31. The number of hydrogen-bond donors (Lipinski definition) is 1. The molecule has 0 radical (unpaired) electrons. The number of carbonyl (C=O) groups excluding carboxylic acids is 1. The monoisotopic (exact) mass is 317 g/mol. The van der Waals surface area contributed by atoms with Gasteiger partial charge in [-0.15, -0.1) is 0 Å². The largest absolute Gasteiger partial charge is 0.446 e. The molecule has 0 unspecified atom stereocenters. The quantitative estimate of drug-likeness (QED) is 0.804. The van der Waals surface area contributed by atoms with Gasteiger partial charge in [-0.1, -0.05) is 37.8 Å². The summed E-state index contributed by atoms with van der Waals surface area (Å²) in [4.78, 5) is 12.0. The lowest BCUT2D eigenvalue weighted by atomic mass is 10.0. The van der Waals surface area contributed by atoms with E-state index in [4.69, 9.17) is 0 Å². The van der Waals surface area contributed by atoms with Crippen LogP contribution in [0.15, 0.2) is 29.2 Å². The fraction of sp³-hybridized carbons (Fsp3) is 0.533. The third kappa shape index (κ3) is 5.26. The molecule has 0 aromatic heterocycles. The first-order chi connectivity index (χ1) is 9.96. The molecule has 1 aromatic rings. The van der Waals surface area contributed by atoms with Gasteiger partial charge in [0, 0.05) is 11.4 Å². The summed E-state index contributed by atoms with van der Waals surface area (Å²) in [5.74, 6) is 0.213. The van der Waals surface area contributed by atoms with E-state index in [2.05, 4.69) is 5.32 Å². The molecule has 2 nitrogen and oxygen atoms in total. The number of carbonyl (C=O) groups is 1. The summed E-state index contributed by atoms with van der Waals surface area (Å²) in [7, 11) is 0. The predicted octanol–water partition coefficient (Wildman–Crippen LogP) is 4.61. The van der Waals surface area contributed by atoms with Crippen molar-refractivity contribution < 1.29 is 18.0 Å². The van der Waals surface area contributed by atoms with E-state index in [1.165, 1.54) is 43.9 Å². The average Bonchev–Trinajstić information content (AvgIpc) is 2.90. The van der Waals surface area contributed by atoms with Gasteiger partial charge in [0.25, 0.3) is 5.91 Å². The van der Waals surface area contributed by atoms with Crippen molar-refractivity contribution in [1.82, 2.24) is 5.32 Å². The van der Waals surface area contributed by atoms with Gasteiger partial charge in [-0.25, -0.2) is 0 Å². The van der Waals surface area contributed by atoms with Gasteiger partial charge in [-0.2, -0.15) is 13.2 Å². The first-order valence-corrected chi connectivity index (χ1v) is 7.90. The molecule has 1 aliphatic rings. The summed E-state index contributed by atoms with van der Waals surface area (Å²) in [6.45, 7) is 0.522. The smallest absolute Gasteiger partial charge is 0.352 e. The Kier molecular flexibility index (Phi) is 5.56. The van der Waals surface area contributed by atoms with Crippen molar-refractivity contribution in [2.45, 2.75) is 42.5 Å². The Labute approximate surface area is 126 Å².